The van der Waals surface area contributed by atoms with Gasteiger partial charge in [0.25, 0.3) is 0 Å². The Bertz CT molecular complexity index is 630. The van der Waals surface area contributed by atoms with Gasteiger partial charge in [-0.2, -0.15) is 0 Å². The van der Waals surface area contributed by atoms with Gasteiger partial charge in [0.05, 0.1) is 5.02 Å². The van der Waals surface area contributed by atoms with Crippen molar-refractivity contribution >= 4 is 27.5 Å². The van der Waals surface area contributed by atoms with Gasteiger partial charge in [0.2, 0.25) is 0 Å². The zero-order valence-electron chi connectivity index (χ0n) is 10.9. The van der Waals surface area contributed by atoms with Crippen LogP contribution in [0.2, 0.25) is 5.02 Å². The number of fused-ring (bicyclic) bond motifs is 1. The summed E-state index contributed by atoms with van der Waals surface area (Å²) in [7, 11) is 0. The fourth-order valence-electron chi connectivity index (χ4n) is 2.93. The van der Waals surface area contributed by atoms with Crippen molar-refractivity contribution in [2.75, 3.05) is 0 Å². The van der Waals surface area contributed by atoms with Crippen molar-refractivity contribution in [2.45, 2.75) is 24.8 Å². The summed E-state index contributed by atoms with van der Waals surface area (Å²) in [4.78, 5) is 0. The molecule has 3 rings (SSSR count). The lowest BCUT2D eigenvalue weighted by Gasteiger charge is -2.33. The van der Waals surface area contributed by atoms with Crippen molar-refractivity contribution in [1.82, 2.24) is 5.43 Å². The minimum absolute atomic E-state index is 0.0679. The first-order chi connectivity index (χ1) is 9.70. The Hall–Kier alpha value is -0.870. The van der Waals surface area contributed by atoms with Crippen LogP contribution < -0.4 is 11.3 Å². The van der Waals surface area contributed by atoms with E-state index in [0.717, 1.165) is 27.9 Å². The van der Waals surface area contributed by atoms with Crippen LogP contribution in [0.4, 0.5) is 0 Å². The molecule has 4 heteroatoms. The molecule has 0 bridgehead atoms. The van der Waals surface area contributed by atoms with Crippen LogP contribution in [0.25, 0.3) is 0 Å². The molecule has 2 atom stereocenters. The van der Waals surface area contributed by atoms with Crippen molar-refractivity contribution in [1.29, 1.82) is 0 Å². The van der Waals surface area contributed by atoms with Gasteiger partial charge in [0.15, 0.2) is 0 Å². The quantitative estimate of drug-likeness (QED) is 0.635. The second-order valence-corrected chi connectivity index (χ2v) is 6.43. The molecule has 2 nitrogen and oxygen atoms in total. The topological polar surface area (TPSA) is 38.0 Å². The zero-order chi connectivity index (χ0) is 14.1. The van der Waals surface area contributed by atoms with Crippen LogP contribution in [0.5, 0.6) is 0 Å². The third kappa shape index (κ3) is 2.51. The largest absolute Gasteiger partial charge is 0.271 e. The molecule has 0 saturated heterocycles. The second kappa shape index (κ2) is 5.86. The number of benzene rings is 2. The highest BCUT2D eigenvalue weighted by Crippen LogP contribution is 2.42. The van der Waals surface area contributed by atoms with Gasteiger partial charge in [-0.25, -0.2) is 0 Å². The van der Waals surface area contributed by atoms with E-state index in [0.29, 0.717) is 5.92 Å². The van der Waals surface area contributed by atoms with Crippen LogP contribution in [0.15, 0.2) is 46.9 Å². The van der Waals surface area contributed by atoms with E-state index in [9.17, 15) is 0 Å². The predicted octanol–water partition coefficient (Wildman–Crippen LogP) is 4.34. The van der Waals surface area contributed by atoms with Crippen molar-refractivity contribution in [3.63, 3.8) is 0 Å². The van der Waals surface area contributed by atoms with Crippen LogP contribution in [0.1, 0.15) is 35.1 Å². The summed E-state index contributed by atoms with van der Waals surface area (Å²) >= 11 is 9.84. The SMILES string of the molecule is NNC(CC1Cc2ccccc21)c1cccc(Br)c1Cl. The second-order valence-electron chi connectivity index (χ2n) is 5.20. The molecule has 0 amide bonds. The first-order valence-corrected chi connectivity index (χ1v) is 7.85. The third-order valence-corrected chi connectivity index (χ3v) is 5.35. The molecule has 2 aromatic rings. The molecular formula is C16H16BrClN2. The average Bonchev–Trinajstić information content (AvgIpc) is 2.44. The normalized spacial score (nSPS) is 18.2. The van der Waals surface area contributed by atoms with Gasteiger partial charge in [0.1, 0.15) is 0 Å². The van der Waals surface area contributed by atoms with Crippen LogP contribution in [0.3, 0.4) is 0 Å². The molecule has 0 aliphatic heterocycles. The number of hydrogen-bond acceptors (Lipinski definition) is 2. The summed E-state index contributed by atoms with van der Waals surface area (Å²) in [6.45, 7) is 0. The molecule has 0 spiro atoms. The monoisotopic (exact) mass is 350 g/mol. The van der Waals surface area contributed by atoms with Crippen LogP contribution in [-0.4, -0.2) is 0 Å². The van der Waals surface area contributed by atoms with E-state index in [1.54, 1.807) is 0 Å². The number of halogens is 2. The van der Waals surface area contributed by atoms with Gasteiger partial charge in [0, 0.05) is 10.5 Å². The Labute approximate surface area is 132 Å². The molecule has 20 heavy (non-hydrogen) atoms. The van der Waals surface area contributed by atoms with E-state index in [-0.39, 0.29) is 6.04 Å². The lowest BCUT2D eigenvalue weighted by molar-refractivity contribution is 0.435. The van der Waals surface area contributed by atoms with Gasteiger partial charge >= 0.3 is 0 Å². The van der Waals surface area contributed by atoms with E-state index in [2.05, 4.69) is 45.6 Å². The third-order valence-electron chi connectivity index (χ3n) is 4.04. The summed E-state index contributed by atoms with van der Waals surface area (Å²) in [6, 6.07) is 14.6. The zero-order valence-corrected chi connectivity index (χ0v) is 13.3. The van der Waals surface area contributed by atoms with Gasteiger partial charge < -0.3 is 0 Å². The number of nitrogens with one attached hydrogen (secondary N) is 1. The predicted molar refractivity (Wildman–Crippen MR) is 86.7 cm³/mol. The number of hydrazine groups is 1. The maximum Gasteiger partial charge on any atom is 0.0596 e. The van der Waals surface area contributed by atoms with Crippen LogP contribution >= 0.6 is 27.5 Å². The smallest absolute Gasteiger partial charge is 0.0596 e. The maximum atomic E-state index is 6.37. The van der Waals surface area contributed by atoms with E-state index < -0.39 is 0 Å². The fourth-order valence-corrected chi connectivity index (χ4v) is 3.57. The van der Waals surface area contributed by atoms with Gasteiger partial charge in [-0.05, 0) is 57.4 Å². The highest BCUT2D eigenvalue weighted by atomic mass is 79.9. The Morgan fingerprint density at radius 2 is 2.05 bits per heavy atom. The first-order valence-electron chi connectivity index (χ1n) is 6.68. The highest BCUT2D eigenvalue weighted by molar-refractivity contribution is 9.10. The summed E-state index contributed by atoms with van der Waals surface area (Å²) in [5.41, 5.74) is 6.86. The summed E-state index contributed by atoms with van der Waals surface area (Å²) in [5, 5.41) is 0.739. The molecule has 104 valence electrons. The van der Waals surface area contributed by atoms with Crippen molar-refractivity contribution in [2.24, 2.45) is 5.84 Å². The molecule has 2 aromatic carbocycles. The Kier molecular flexibility index (Phi) is 4.13. The lowest BCUT2D eigenvalue weighted by atomic mass is 9.74. The van der Waals surface area contributed by atoms with E-state index in [1.165, 1.54) is 11.1 Å². The standard InChI is InChI=1S/C16H16BrClN2/c17-14-7-3-6-13(16(14)18)15(20-19)9-11-8-10-4-1-2-5-12(10)11/h1-7,11,15,20H,8-9,19H2. The minimum Gasteiger partial charge on any atom is -0.271 e. The Morgan fingerprint density at radius 1 is 1.25 bits per heavy atom. The van der Waals surface area contributed by atoms with Crippen molar-refractivity contribution in [3.05, 3.63) is 68.7 Å². The lowest BCUT2D eigenvalue weighted by Crippen LogP contribution is -2.31. The number of rotatable bonds is 4. The Morgan fingerprint density at radius 3 is 2.80 bits per heavy atom. The maximum absolute atomic E-state index is 6.37. The van der Waals surface area contributed by atoms with Gasteiger partial charge in [-0.1, -0.05) is 48.0 Å². The molecular weight excluding hydrogens is 336 g/mol. The van der Waals surface area contributed by atoms with E-state index >= 15 is 0 Å². The Balaban J connectivity index is 1.81. The first kappa shape index (κ1) is 14.1. The number of nitrogens with two attached hydrogens (primary N) is 1. The molecule has 2 unspecified atom stereocenters. The molecule has 1 aliphatic carbocycles. The molecule has 0 aromatic heterocycles. The summed E-state index contributed by atoms with van der Waals surface area (Å²) < 4.78 is 0.908. The molecule has 0 radical (unpaired) electrons. The van der Waals surface area contributed by atoms with Crippen molar-refractivity contribution in [3.8, 4) is 0 Å². The molecule has 0 saturated carbocycles. The molecule has 0 fully saturated rings. The van der Waals surface area contributed by atoms with E-state index in [1.807, 2.05) is 18.2 Å². The van der Waals surface area contributed by atoms with Gasteiger partial charge in [-0.3, -0.25) is 11.3 Å². The van der Waals surface area contributed by atoms with Crippen LogP contribution in [0, 0.1) is 0 Å². The number of hydrogen-bond donors (Lipinski definition) is 2. The summed E-state index contributed by atoms with van der Waals surface area (Å²) in [6.07, 6.45) is 2.09. The van der Waals surface area contributed by atoms with Gasteiger partial charge in [-0.15, -0.1) is 0 Å². The minimum atomic E-state index is 0.0679. The fraction of sp³-hybridized carbons (Fsp3) is 0.250. The molecule has 1 aliphatic rings. The van der Waals surface area contributed by atoms with Crippen molar-refractivity contribution < 1.29 is 0 Å². The molecule has 0 heterocycles. The average molecular weight is 352 g/mol. The molecule has 3 N–H and O–H groups in total. The highest BCUT2D eigenvalue weighted by Gasteiger charge is 2.29. The van der Waals surface area contributed by atoms with E-state index in [4.69, 9.17) is 17.4 Å². The summed E-state index contributed by atoms with van der Waals surface area (Å²) in [5.74, 6) is 6.30. The van der Waals surface area contributed by atoms with Crippen LogP contribution in [-0.2, 0) is 6.42 Å².